The molecule has 40 heavy (non-hydrogen) atoms. The van der Waals surface area contributed by atoms with Crippen molar-refractivity contribution >= 4 is 56.4 Å². The lowest BCUT2D eigenvalue weighted by molar-refractivity contribution is -0.385. The fraction of sp³-hybridized carbons (Fsp3) is 0.148. The number of amides is 3. The van der Waals surface area contributed by atoms with Crippen LogP contribution in [0.5, 0.6) is 5.75 Å². The van der Waals surface area contributed by atoms with Gasteiger partial charge in [-0.1, -0.05) is 37.3 Å². The van der Waals surface area contributed by atoms with Gasteiger partial charge in [-0.05, 0) is 72.6 Å². The van der Waals surface area contributed by atoms with Crippen molar-refractivity contribution < 1.29 is 31.9 Å². The zero-order chi connectivity index (χ0) is 29.0. The summed E-state index contributed by atoms with van der Waals surface area (Å²) in [5.74, 6) is -1.21. The van der Waals surface area contributed by atoms with Crippen molar-refractivity contribution in [2.24, 2.45) is 0 Å². The van der Waals surface area contributed by atoms with Crippen LogP contribution in [0, 0.1) is 17.0 Å². The highest BCUT2D eigenvalue weighted by Gasteiger charge is 2.36. The van der Waals surface area contributed by atoms with Gasteiger partial charge in [-0.2, -0.15) is 8.42 Å². The number of nitro benzene ring substituents is 1. The van der Waals surface area contributed by atoms with Crippen LogP contribution in [0.3, 0.4) is 0 Å². The van der Waals surface area contributed by atoms with Gasteiger partial charge in [0.2, 0.25) is 5.91 Å². The van der Waals surface area contributed by atoms with Gasteiger partial charge in [-0.3, -0.25) is 29.4 Å². The van der Waals surface area contributed by atoms with Gasteiger partial charge in [0, 0.05) is 17.3 Å². The number of hydrogen-bond donors (Lipinski definition) is 1. The van der Waals surface area contributed by atoms with Crippen molar-refractivity contribution in [3.8, 4) is 5.75 Å². The van der Waals surface area contributed by atoms with Crippen LogP contribution in [0.15, 0.2) is 76.5 Å². The Morgan fingerprint density at radius 2 is 1.75 bits per heavy atom. The third-order valence-corrected chi connectivity index (χ3v) is 8.02. The van der Waals surface area contributed by atoms with Crippen molar-refractivity contribution in [2.75, 3.05) is 11.9 Å². The van der Waals surface area contributed by atoms with Crippen molar-refractivity contribution in [1.82, 2.24) is 4.90 Å². The summed E-state index contributed by atoms with van der Waals surface area (Å²) in [6, 6.07) is 16.3. The van der Waals surface area contributed by atoms with Crippen LogP contribution in [0.2, 0.25) is 0 Å². The van der Waals surface area contributed by atoms with Gasteiger partial charge in [0.15, 0.2) is 0 Å². The molecule has 1 saturated heterocycles. The molecule has 0 saturated carbocycles. The molecular formula is C27H23N3O8S2. The largest absolute Gasteiger partial charge is 0.379 e. The van der Waals surface area contributed by atoms with E-state index in [0.717, 1.165) is 23.0 Å². The molecule has 0 aliphatic carbocycles. The van der Waals surface area contributed by atoms with E-state index in [1.807, 2.05) is 19.1 Å². The molecule has 1 N–H and O–H groups in total. The molecule has 11 nitrogen and oxygen atoms in total. The molecule has 13 heteroatoms. The first-order valence-electron chi connectivity index (χ1n) is 11.9. The summed E-state index contributed by atoms with van der Waals surface area (Å²) in [4.78, 5) is 48.6. The maximum absolute atomic E-state index is 12.8. The van der Waals surface area contributed by atoms with Gasteiger partial charge in [-0.25, -0.2) is 0 Å². The van der Waals surface area contributed by atoms with E-state index in [-0.39, 0.29) is 21.2 Å². The van der Waals surface area contributed by atoms with Gasteiger partial charge in [0.1, 0.15) is 17.2 Å². The number of hydrogen-bond acceptors (Lipinski definition) is 9. The van der Waals surface area contributed by atoms with Gasteiger partial charge >= 0.3 is 10.1 Å². The molecule has 0 unspecified atom stereocenters. The molecule has 0 bridgehead atoms. The van der Waals surface area contributed by atoms with E-state index in [4.69, 9.17) is 4.18 Å². The molecule has 3 aromatic rings. The van der Waals surface area contributed by atoms with Crippen LogP contribution in [0.25, 0.3) is 6.08 Å². The van der Waals surface area contributed by atoms with Crippen LogP contribution < -0.4 is 9.50 Å². The molecule has 0 aromatic heterocycles. The Labute approximate surface area is 234 Å². The summed E-state index contributed by atoms with van der Waals surface area (Å²) in [5, 5.41) is 13.2. The van der Waals surface area contributed by atoms with E-state index in [2.05, 4.69) is 5.32 Å². The number of nitro groups is 1. The predicted molar refractivity (Wildman–Crippen MR) is 149 cm³/mol. The minimum Gasteiger partial charge on any atom is -0.379 e. The molecule has 0 spiro atoms. The Hall–Kier alpha value is -4.49. The van der Waals surface area contributed by atoms with Crippen molar-refractivity contribution in [3.63, 3.8) is 0 Å². The van der Waals surface area contributed by atoms with Crippen LogP contribution >= 0.6 is 11.8 Å². The van der Waals surface area contributed by atoms with E-state index in [9.17, 15) is 32.9 Å². The summed E-state index contributed by atoms with van der Waals surface area (Å²) in [6.45, 7) is 3.06. The number of rotatable bonds is 9. The quantitative estimate of drug-likeness (QED) is 0.161. The lowest BCUT2D eigenvalue weighted by Crippen LogP contribution is -2.36. The lowest BCUT2D eigenvalue weighted by Gasteiger charge is -2.12. The number of aryl methyl sites for hydroxylation is 2. The zero-order valence-corrected chi connectivity index (χ0v) is 23.0. The summed E-state index contributed by atoms with van der Waals surface area (Å²) >= 11 is 0.682. The number of benzene rings is 3. The molecule has 1 aliphatic rings. The lowest BCUT2D eigenvalue weighted by atomic mass is 10.1. The number of anilines is 1. The van der Waals surface area contributed by atoms with Crippen LogP contribution in [0.1, 0.15) is 23.6 Å². The third-order valence-electron chi connectivity index (χ3n) is 5.87. The number of thioether (sulfide) groups is 1. The minimum absolute atomic E-state index is 0.0582. The minimum atomic E-state index is -4.35. The Kier molecular flexibility index (Phi) is 8.35. The molecule has 1 fully saturated rings. The highest BCUT2D eigenvalue weighted by atomic mass is 32.2. The molecule has 3 aromatic carbocycles. The summed E-state index contributed by atoms with van der Waals surface area (Å²) in [5.41, 5.74) is 2.08. The molecule has 1 aliphatic heterocycles. The molecule has 3 amide bonds. The number of imide groups is 1. The van der Waals surface area contributed by atoms with E-state index in [1.165, 1.54) is 49.4 Å². The highest BCUT2D eigenvalue weighted by Crippen LogP contribution is 2.32. The second kappa shape index (κ2) is 11.7. The smallest absolute Gasteiger partial charge is 0.339 e. The summed E-state index contributed by atoms with van der Waals surface area (Å²) < 4.78 is 30.3. The topological polar surface area (TPSA) is 153 Å². The first kappa shape index (κ1) is 28.5. The standard InChI is InChI=1S/C27H23N3O8S2/c1-3-18-5-9-20(10-6-18)28-25(31)16-29-26(32)24(39-27(29)33)14-19-7-11-21(12-8-19)38-40(36,37)22-13-4-17(2)23(15-22)30(34)35/h4-15H,3,16H2,1-2H3,(H,28,31)/b24-14-. The van der Waals surface area contributed by atoms with E-state index >= 15 is 0 Å². The van der Waals surface area contributed by atoms with Crippen LogP contribution in [-0.2, 0) is 26.1 Å². The molecule has 0 radical (unpaired) electrons. The summed E-state index contributed by atoms with van der Waals surface area (Å²) in [7, 11) is -4.35. The fourth-order valence-electron chi connectivity index (χ4n) is 3.69. The molecular weight excluding hydrogens is 558 g/mol. The Morgan fingerprint density at radius 3 is 2.38 bits per heavy atom. The number of carbonyl (C=O) groups is 3. The van der Waals surface area contributed by atoms with Gasteiger partial charge in [-0.15, -0.1) is 0 Å². The molecule has 1 heterocycles. The third kappa shape index (κ3) is 6.55. The van der Waals surface area contributed by atoms with Gasteiger partial charge in [0.05, 0.1) is 9.83 Å². The molecule has 0 atom stereocenters. The van der Waals surface area contributed by atoms with Crippen molar-refractivity contribution in [1.29, 1.82) is 0 Å². The maximum atomic E-state index is 12.8. The first-order chi connectivity index (χ1) is 19.0. The number of nitrogens with zero attached hydrogens (tertiary/aromatic N) is 2. The normalized spacial score (nSPS) is 14.4. The fourth-order valence-corrected chi connectivity index (χ4v) is 5.48. The predicted octanol–water partition coefficient (Wildman–Crippen LogP) is 4.91. The van der Waals surface area contributed by atoms with Crippen LogP contribution in [-0.4, -0.2) is 41.8 Å². The van der Waals surface area contributed by atoms with E-state index in [0.29, 0.717) is 28.6 Å². The SMILES string of the molecule is CCc1ccc(NC(=O)CN2C(=O)S/C(=C\c3ccc(OS(=O)(=O)c4ccc(C)c([N+](=O)[O-])c4)cc3)C2=O)cc1. The zero-order valence-electron chi connectivity index (χ0n) is 21.3. The van der Waals surface area contributed by atoms with Gasteiger partial charge < -0.3 is 9.50 Å². The summed E-state index contributed by atoms with van der Waals surface area (Å²) in [6.07, 6.45) is 2.29. The monoisotopic (exact) mass is 581 g/mol. The molecule has 4 rings (SSSR count). The van der Waals surface area contributed by atoms with E-state index in [1.54, 1.807) is 12.1 Å². The Bertz CT molecular complexity index is 1630. The highest BCUT2D eigenvalue weighted by molar-refractivity contribution is 8.18. The number of nitrogens with one attached hydrogen (secondary N) is 1. The Balaban J connectivity index is 1.41. The second-order valence-corrected chi connectivity index (χ2v) is 11.2. The van der Waals surface area contributed by atoms with Crippen molar-refractivity contribution in [2.45, 2.75) is 25.2 Å². The second-order valence-electron chi connectivity index (χ2n) is 8.68. The van der Waals surface area contributed by atoms with Crippen LogP contribution in [0.4, 0.5) is 16.2 Å². The van der Waals surface area contributed by atoms with Gasteiger partial charge in [0.25, 0.3) is 16.8 Å². The molecule has 206 valence electrons. The average molecular weight is 582 g/mol. The Morgan fingerprint density at radius 1 is 1.07 bits per heavy atom. The maximum Gasteiger partial charge on any atom is 0.339 e. The van der Waals surface area contributed by atoms with E-state index < -0.39 is 38.6 Å². The first-order valence-corrected chi connectivity index (χ1v) is 14.1. The van der Waals surface area contributed by atoms with Crippen molar-refractivity contribution in [3.05, 3.63) is 98.4 Å². The number of carbonyl (C=O) groups excluding carboxylic acids is 3. The average Bonchev–Trinajstić information content (AvgIpc) is 3.17.